The van der Waals surface area contributed by atoms with Gasteiger partial charge in [0.25, 0.3) is 0 Å². The predicted octanol–water partition coefficient (Wildman–Crippen LogP) is 2.77. The Hall–Kier alpha value is -1.55. The highest BCUT2D eigenvalue weighted by molar-refractivity contribution is 5.80. The zero-order chi connectivity index (χ0) is 16.0. The van der Waals surface area contributed by atoms with Crippen molar-refractivity contribution in [3.63, 3.8) is 0 Å². The molecule has 4 nitrogen and oxygen atoms in total. The number of ether oxygens (including phenoxy) is 1. The molecule has 0 heterocycles. The third-order valence-corrected chi connectivity index (χ3v) is 3.22. The number of hydrogen-bond donors (Lipinski definition) is 2. The number of carbonyl (C=O) groups excluding carboxylic acids is 1. The third-order valence-electron chi connectivity index (χ3n) is 3.22. The second kappa shape index (κ2) is 8.03. The Morgan fingerprint density at radius 3 is 2.52 bits per heavy atom. The molecule has 0 aliphatic heterocycles. The topological polar surface area (TPSA) is 64.4 Å². The van der Waals surface area contributed by atoms with Crippen molar-refractivity contribution in [1.82, 2.24) is 5.32 Å². The Morgan fingerprint density at radius 2 is 1.95 bits per heavy atom. The molecule has 0 saturated carbocycles. The second-order valence-corrected chi connectivity index (χ2v) is 6.18. The minimum absolute atomic E-state index is 0.148. The summed E-state index contributed by atoms with van der Waals surface area (Å²) in [6.45, 7) is 10.6. The molecular weight excluding hydrogens is 264 g/mol. The molecule has 1 aromatic rings. The fourth-order valence-electron chi connectivity index (χ4n) is 2.19. The number of nitrogens with two attached hydrogens (primary N) is 1. The largest absolute Gasteiger partial charge is 0.490 e. The zero-order valence-electron chi connectivity index (χ0n) is 13.8. The van der Waals surface area contributed by atoms with E-state index in [-0.39, 0.29) is 12.0 Å². The van der Waals surface area contributed by atoms with Crippen LogP contribution in [-0.2, 0) is 11.3 Å². The normalized spacial score (nSPS) is 13.9. The van der Waals surface area contributed by atoms with Crippen molar-refractivity contribution < 1.29 is 9.53 Å². The molecule has 1 aromatic carbocycles. The molecule has 0 spiro atoms. The van der Waals surface area contributed by atoms with E-state index in [1.54, 1.807) is 6.92 Å². The Morgan fingerprint density at radius 1 is 1.29 bits per heavy atom. The molecule has 21 heavy (non-hydrogen) atoms. The first-order chi connectivity index (χ1) is 9.79. The van der Waals surface area contributed by atoms with E-state index in [0.717, 1.165) is 23.3 Å². The lowest BCUT2D eigenvalue weighted by Gasteiger charge is -2.20. The van der Waals surface area contributed by atoms with Crippen LogP contribution < -0.4 is 15.8 Å². The quantitative estimate of drug-likeness (QED) is 0.812. The third kappa shape index (κ3) is 6.17. The van der Waals surface area contributed by atoms with E-state index in [0.29, 0.717) is 12.5 Å². The molecule has 0 aliphatic carbocycles. The Labute approximate surface area is 128 Å². The first kappa shape index (κ1) is 17.5. The van der Waals surface area contributed by atoms with Crippen molar-refractivity contribution in [2.45, 2.75) is 59.7 Å². The minimum Gasteiger partial charge on any atom is -0.490 e. The molecule has 0 saturated heterocycles. The van der Waals surface area contributed by atoms with Gasteiger partial charge in [-0.2, -0.15) is 0 Å². The van der Waals surface area contributed by atoms with Gasteiger partial charge in [0, 0.05) is 12.1 Å². The van der Waals surface area contributed by atoms with Gasteiger partial charge in [0.1, 0.15) is 5.75 Å². The first-order valence-corrected chi connectivity index (χ1v) is 7.59. The van der Waals surface area contributed by atoms with Crippen molar-refractivity contribution in [3.8, 4) is 5.75 Å². The number of benzene rings is 1. The molecule has 0 radical (unpaired) electrons. The molecule has 0 aromatic heterocycles. The number of rotatable bonds is 7. The Balaban J connectivity index is 2.77. The summed E-state index contributed by atoms with van der Waals surface area (Å²) in [5.74, 6) is 1.27. The monoisotopic (exact) mass is 292 g/mol. The van der Waals surface area contributed by atoms with Gasteiger partial charge in [0.15, 0.2) is 0 Å². The van der Waals surface area contributed by atoms with Crippen LogP contribution in [0.25, 0.3) is 0 Å². The van der Waals surface area contributed by atoms with Crippen molar-refractivity contribution in [2.24, 2.45) is 11.7 Å². The van der Waals surface area contributed by atoms with E-state index in [2.05, 4.69) is 26.1 Å². The van der Waals surface area contributed by atoms with E-state index in [1.165, 1.54) is 0 Å². The van der Waals surface area contributed by atoms with Crippen LogP contribution >= 0.6 is 0 Å². The van der Waals surface area contributed by atoms with Crippen LogP contribution in [0.5, 0.6) is 5.75 Å². The average Bonchev–Trinajstić information content (AvgIpc) is 2.36. The highest BCUT2D eigenvalue weighted by Crippen LogP contribution is 2.23. The van der Waals surface area contributed by atoms with Gasteiger partial charge >= 0.3 is 0 Å². The van der Waals surface area contributed by atoms with E-state index in [1.807, 2.05) is 25.1 Å². The van der Waals surface area contributed by atoms with Crippen molar-refractivity contribution >= 4 is 5.91 Å². The Kier molecular flexibility index (Phi) is 6.69. The molecule has 1 unspecified atom stereocenters. The summed E-state index contributed by atoms with van der Waals surface area (Å²) >= 11 is 0. The summed E-state index contributed by atoms with van der Waals surface area (Å²) in [4.78, 5) is 11.6. The fraction of sp³-hybridized carbons (Fsp3) is 0.588. The van der Waals surface area contributed by atoms with Crippen LogP contribution in [0.15, 0.2) is 18.2 Å². The van der Waals surface area contributed by atoms with E-state index < -0.39 is 6.04 Å². The number of amides is 1. The van der Waals surface area contributed by atoms with Crippen LogP contribution in [0.4, 0.5) is 0 Å². The van der Waals surface area contributed by atoms with Crippen LogP contribution in [0.2, 0.25) is 0 Å². The molecule has 2 atom stereocenters. The molecule has 0 bridgehead atoms. The standard InChI is InChI=1S/C17H28N2O2/c1-11(2)8-13(4)21-16-9-12(3)6-7-15(16)10-19-17(20)14(5)18/h6-7,9,11,13-14H,8,10,18H2,1-5H3,(H,19,20)/t13?,14-/m0/s1. The van der Waals surface area contributed by atoms with Gasteiger partial charge in [0.2, 0.25) is 5.91 Å². The second-order valence-electron chi connectivity index (χ2n) is 6.18. The van der Waals surface area contributed by atoms with E-state index in [4.69, 9.17) is 10.5 Å². The van der Waals surface area contributed by atoms with Gasteiger partial charge < -0.3 is 15.8 Å². The summed E-state index contributed by atoms with van der Waals surface area (Å²) in [6, 6.07) is 5.53. The molecule has 1 amide bonds. The molecule has 118 valence electrons. The lowest BCUT2D eigenvalue weighted by molar-refractivity contribution is -0.122. The molecule has 0 aliphatic rings. The SMILES string of the molecule is Cc1ccc(CNC(=O)[C@H](C)N)c(OC(C)CC(C)C)c1. The zero-order valence-corrected chi connectivity index (χ0v) is 13.8. The number of hydrogen-bond acceptors (Lipinski definition) is 3. The highest BCUT2D eigenvalue weighted by Gasteiger charge is 2.12. The van der Waals surface area contributed by atoms with Crippen molar-refractivity contribution in [2.75, 3.05) is 0 Å². The van der Waals surface area contributed by atoms with Crippen LogP contribution in [0.3, 0.4) is 0 Å². The summed E-state index contributed by atoms with van der Waals surface area (Å²) in [6.07, 6.45) is 1.15. The van der Waals surface area contributed by atoms with Crippen LogP contribution in [0.1, 0.15) is 45.2 Å². The lowest BCUT2D eigenvalue weighted by atomic mass is 10.1. The highest BCUT2D eigenvalue weighted by atomic mass is 16.5. The summed E-state index contributed by atoms with van der Waals surface area (Å²) in [5, 5.41) is 2.83. The summed E-state index contributed by atoms with van der Waals surface area (Å²) in [5.41, 5.74) is 7.67. The fourth-order valence-corrected chi connectivity index (χ4v) is 2.19. The smallest absolute Gasteiger partial charge is 0.236 e. The van der Waals surface area contributed by atoms with Gasteiger partial charge in [0.05, 0.1) is 12.1 Å². The maximum absolute atomic E-state index is 11.6. The van der Waals surface area contributed by atoms with Crippen LogP contribution in [0, 0.1) is 12.8 Å². The maximum Gasteiger partial charge on any atom is 0.236 e. The van der Waals surface area contributed by atoms with Gasteiger partial charge in [-0.3, -0.25) is 4.79 Å². The Bertz CT molecular complexity index is 470. The molecular formula is C17H28N2O2. The molecule has 4 heteroatoms. The number of aryl methyl sites for hydroxylation is 1. The first-order valence-electron chi connectivity index (χ1n) is 7.59. The molecule has 0 fully saturated rings. The van der Waals surface area contributed by atoms with Gasteiger partial charge in [-0.15, -0.1) is 0 Å². The van der Waals surface area contributed by atoms with Crippen molar-refractivity contribution in [1.29, 1.82) is 0 Å². The molecule has 1 rings (SSSR count). The maximum atomic E-state index is 11.6. The van der Waals surface area contributed by atoms with Gasteiger partial charge in [-0.1, -0.05) is 26.0 Å². The summed E-state index contributed by atoms with van der Waals surface area (Å²) in [7, 11) is 0. The van der Waals surface area contributed by atoms with E-state index in [9.17, 15) is 4.79 Å². The number of carbonyl (C=O) groups is 1. The minimum atomic E-state index is -0.500. The van der Waals surface area contributed by atoms with Crippen molar-refractivity contribution in [3.05, 3.63) is 29.3 Å². The predicted molar refractivity (Wildman–Crippen MR) is 86.2 cm³/mol. The number of nitrogens with one attached hydrogen (secondary N) is 1. The van der Waals surface area contributed by atoms with Gasteiger partial charge in [-0.25, -0.2) is 0 Å². The van der Waals surface area contributed by atoms with Gasteiger partial charge in [-0.05, 0) is 44.7 Å². The average molecular weight is 292 g/mol. The lowest BCUT2D eigenvalue weighted by Crippen LogP contribution is -2.37. The summed E-state index contributed by atoms with van der Waals surface area (Å²) < 4.78 is 6.05. The molecule has 3 N–H and O–H groups in total. The van der Waals surface area contributed by atoms with E-state index >= 15 is 0 Å². The van der Waals surface area contributed by atoms with Crippen LogP contribution in [-0.4, -0.2) is 18.1 Å².